The minimum Gasteiger partial charge on any atom is -0.337 e. The normalized spacial score (nSPS) is 15.5. The Kier molecular flexibility index (Phi) is 5.05. The van der Waals surface area contributed by atoms with Gasteiger partial charge in [-0.05, 0) is 25.0 Å². The first-order valence-corrected chi connectivity index (χ1v) is 10.1. The smallest absolute Gasteiger partial charge is 0.272 e. The van der Waals surface area contributed by atoms with Crippen LogP contribution < -0.4 is 5.56 Å². The molecule has 1 amide bonds. The molecule has 9 heteroatoms. The summed E-state index contributed by atoms with van der Waals surface area (Å²) in [6.07, 6.45) is 3.08. The monoisotopic (exact) mass is 410 g/mol. The second-order valence-electron chi connectivity index (χ2n) is 8.75. The number of piperidine rings is 1. The van der Waals surface area contributed by atoms with Crippen molar-refractivity contribution in [1.82, 2.24) is 29.8 Å². The molecule has 0 radical (unpaired) electrons. The molecule has 3 aromatic heterocycles. The van der Waals surface area contributed by atoms with Gasteiger partial charge in [-0.15, -0.1) is 0 Å². The number of aromatic amines is 1. The summed E-state index contributed by atoms with van der Waals surface area (Å²) in [6, 6.07) is 4.97. The number of nitrogens with zero attached hydrogens (tertiary/aromatic N) is 5. The number of nitrogens with one attached hydrogen (secondary N) is 1. The predicted molar refractivity (Wildman–Crippen MR) is 110 cm³/mol. The number of H-pyrrole nitrogens is 1. The third-order valence-corrected chi connectivity index (χ3v) is 5.49. The number of hydrogen-bond acceptors (Lipinski definition) is 6. The third-order valence-electron chi connectivity index (χ3n) is 5.49. The fourth-order valence-electron chi connectivity index (χ4n) is 3.60. The molecule has 1 aliphatic rings. The summed E-state index contributed by atoms with van der Waals surface area (Å²) in [5, 5.41) is 8.63. The molecule has 158 valence electrons. The van der Waals surface area contributed by atoms with Crippen LogP contribution in [0.3, 0.4) is 0 Å². The van der Waals surface area contributed by atoms with E-state index in [0.717, 1.165) is 18.5 Å². The summed E-state index contributed by atoms with van der Waals surface area (Å²) >= 11 is 0. The number of carbonyl (C=O) groups excluding carboxylic acids is 1. The minimum absolute atomic E-state index is 0.000918. The molecular weight excluding hydrogens is 384 g/mol. The van der Waals surface area contributed by atoms with Gasteiger partial charge in [0, 0.05) is 43.7 Å². The van der Waals surface area contributed by atoms with Crippen molar-refractivity contribution in [3.05, 3.63) is 52.0 Å². The van der Waals surface area contributed by atoms with E-state index >= 15 is 0 Å². The van der Waals surface area contributed by atoms with Crippen molar-refractivity contribution in [3.8, 4) is 11.5 Å². The first kappa shape index (κ1) is 20.1. The van der Waals surface area contributed by atoms with Crippen molar-refractivity contribution in [2.75, 3.05) is 13.1 Å². The van der Waals surface area contributed by atoms with Gasteiger partial charge in [-0.1, -0.05) is 25.9 Å². The maximum absolute atomic E-state index is 13.0. The number of hydrogen-bond donors (Lipinski definition) is 1. The summed E-state index contributed by atoms with van der Waals surface area (Å²) in [5.74, 6) is 1.15. The number of rotatable bonds is 3. The molecular formula is C21H26N6O3. The van der Waals surface area contributed by atoms with E-state index in [1.807, 2.05) is 18.0 Å². The van der Waals surface area contributed by atoms with Gasteiger partial charge < -0.3 is 14.4 Å². The zero-order chi connectivity index (χ0) is 21.5. The number of amides is 1. The number of carbonyl (C=O) groups is 1. The molecule has 4 heterocycles. The second kappa shape index (κ2) is 7.55. The van der Waals surface area contributed by atoms with Crippen molar-refractivity contribution in [2.45, 2.75) is 44.9 Å². The zero-order valence-corrected chi connectivity index (χ0v) is 17.7. The van der Waals surface area contributed by atoms with Crippen LogP contribution in [0.15, 0.2) is 33.7 Å². The largest absolute Gasteiger partial charge is 0.337 e. The average molecular weight is 410 g/mol. The van der Waals surface area contributed by atoms with Crippen molar-refractivity contribution >= 4 is 5.91 Å². The average Bonchev–Trinajstić information content (AvgIpc) is 3.35. The molecule has 0 aliphatic carbocycles. The quantitative estimate of drug-likeness (QED) is 0.710. The molecule has 1 saturated heterocycles. The lowest BCUT2D eigenvalue weighted by Gasteiger charge is -2.30. The van der Waals surface area contributed by atoms with Gasteiger partial charge in [0.15, 0.2) is 5.82 Å². The lowest BCUT2D eigenvalue weighted by Crippen LogP contribution is -2.38. The Morgan fingerprint density at radius 2 is 1.97 bits per heavy atom. The Balaban J connectivity index is 1.42. The van der Waals surface area contributed by atoms with E-state index in [1.54, 1.807) is 16.9 Å². The first-order chi connectivity index (χ1) is 14.2. The van der Waals surface area contributed by atoms with Gasteiger partial charge in [0.25, 0.3) is 11.8 Å². The summed E-state index contributed by atoms with van der Waals surface area (Å²) in [4.78, 5) is 33.2. The Morgan fingerprint density at radius 1 is 1.23 bits per heavy atom. The van der Waals surface area contributed by atoms with Crippen LogP contribution >= 0.6 is 0 Å². The third kappa shape index (κ3) is 3.92. The summed E-state index contributed by atoms with van der Waals surface area (Å²) in [7, 11) is 1.81. The van der Waals surface area contributed by atoms with E-state index in [1.165, 1.54) is 6.07 Å². The molecule has 0 atom stereocenters. The molecule has 1 fully saturated rings. The van der Waals surface area contributed by atoms with Gasteiger partial charge in [0.05, 0.1) is 11.3 Å². The van der Waals surface area contributed by atoms with Gasteiger partial charge in [-0.25, -0.2) is 0 Å². The van der Waals surface area contributed by atoms with Crippen LogP contribution in [0.1, 0.15) is 61.5 Å². The molecule has 0 aromatic carbocycles. The lowest BCUT2D eigenvalue weighted by atomic mass is 9.92. The van der Waals surface area contributed by atoms with Gasteiger partial charge in [0.2, 0.25) is 5.56 Å². The molecule has 0 spiro atoms. The van der Waals surface area contributed by atoms with Gasteiger partial charge >= 0.3 is 0 Å². The number of likely N-dealkylation sites (tertiary alicyclic amines) is 1. The van der Waals surface area contributed by atoms with Crippen molar-refractivity contribution in [1.29, 1.82) is 0 Å². The van der Waals surface area contributed by atoms with Crippen LogP contribution in [-0.4, -0.2) is 48.8 Å². The number of aryl methyl sites for hydroxylation is 1. The summed E-state index contributed by atoms with van der Waals surface area (Å²) < 4.78 is 7.03. The highest BCUT2D eigenvalue weighted by Gasteiger charge is 2.30. The summed E-state index contributed by atoms with van der Waals surface area (Å²) in [6.45, 7) is 7.51. The highest BCUT2D eigenvalue weighted by atomic mass is 16.5. The maximum atomic E-state index is 13.0. The molecule has 3 aromatic rings. The fourth-order valence-corrected chi connectivity index (χ4v) is 3.60. The van der Waals surface area contributed by atoms with Gasteiger partial charge in [0.1, 0.15) is 5.69 Å². The standard InChI is InChI=1S/C21H26N6O3/c1-21(2,3)16-11-15(26(4)24-16)20(29)27-9-7-13(8-10-27)18-23-19(30-25-18)14-5-6-17(28)22-12-14/h5-6,11-13H,7-10H2,1-4H3,(H,22,28). The fraction of sp³-hybridized carbons (Fsp3) is 0.476. The molecule has 30 heavy (non-hydrogen) atoms. The van der Waals surface area contributed by atoms with Crippen molar-refractivity contribution < 1.29 is 9.32 Å². The highest BCUT2D eigenvalue weighted by Crippen LogP contribution is 2.29. The Hall–Kier alpha value is -3.23. The maximum Gasteiger partial charge on any atom is 0.272 e. The van der Waals surface area contributed by atoms with Gasteiger partial charge in [-0.2, -0.15) is 10.1 Å². The second-order valence-corrected chi connectivity index (χ2v) is 8.75. The van der Waals surface area contributed by atoms with E-state index in [0.29, 0.717) is 36.1 Å². The molecule has 0 saturated carbocycles. The first-order valence-electron chi connectivity index (χ1n) is 10.1. The van der Waals surface area contributed by atoms with Crippen molar-refractivity contribution in [2.24, 2.45) is 7.05 Å². The van der Waals surface area contributed by atoms with Crippen LogP contribution in [0.4, 0.5) is 0 Å². The predicted octanol–water partition coefficient (Wildman–Crippen LogP) is 2.48. The SMILES string of the molecule is Cn1nc(C(C)(C)C)cc1C(=O)N1CCC(c2noc(-c3ccc(=O)[nH]c3)n2)CC1. The molecule has 0 unspecified atom stereocenters. The van der Waals surface area contributed by atoms with Crippen LogP contribution in [0.5, 0.6) is 0 Å². The van der Waals surface area contributed by atoms with E-state index in [-0.39, 0.29) is 22.8 Å². The topological polar surface area (TPSA) is 110 Å². The summed E-state index contributed by atoms with van der Waals surface area (Å²) in [5.41, 5.74) is 1.90. The molecule has 9 nitrogen and oxygen atoms in total. The zero-order valence-electron chi connectivity index (χ0n) is 17.7. The Labute approximate surface area is 174 Å². The van der Waals surface area contributed by atoms with E-state index in [9.17, 15) is 9.59 Å². The lowest BCUT2D eigenvalue weighted by molar-refractivity contribution is 0.0699. The van der Waals surface area contributed by atoms with Gasteiger partial charge in [-0.3, -0.25) is 14.3 Å². The molecule has 4 rings (SSSR count). The van der Waals surface area contributed by atoms with Crippen molar-refractivity contribution in [3.63, 3.8) is 0 Å². The molecule has 0 bridgehead atoms. The van der Waals surface area contributed by atoms with E-state index in [2.05, 4.69) is 41.0 Å². The number of aromatic nitrogens is 5. The van der Waals surface area contributed by atoms with E-state index < -0.39 is 0 Å². The highest BCUT2D eigenvalue weighted by molar-refractivity contribution is 5.92. The van der Waals surface area contributed by atoms with E-state index in [4.69, 9.17) is 4.52 Å². The Morgan fingerprint density at radius 3 is 2.57 bits per heavy atom. The molecule has 1 N–H and O–H groups in total. The molecule has 1 aliphatic heterocycles. The van der Waals surface area contributed by atoms with Crippen LogP contribution in [0, 0.1) is 0 Å². The minimum atomic E-state index is -0.182. The Bertz CT molecular complexity index is 1090. The van der Waals surface area contributed by atoms with Crippen LogP contribution in [0.2, 0.25) is 0 Å². The van der Waals surface area contributed by atoms with Crippen LogP contribution in [0.25, 0.3) is 11.5 Å². The number of pyridine rings is 1. The van der Waals surface area contributed by atoms with Crippen LogP contribution in [-0.2, 0) is 12.5 Å².